The van der Waals surface area contributed by atoms with E-state index in [0.717, 1.165) is 22.6 Å². The normalized spacial score (nSPS) is 10.9. The number of nitrogens with one attached hydrogen (secondary N) is 2. The number of carbonyl (C=O) groups is 2. The standard InChI is InChI=1S/C18H21ClN4O3/c1-12-10-14(11-21-22-18(25)17(24)20-8-9-26-3)13(2)23(12)16-6-4-15(19)5-7-16/h4-7,10-11H,8-9H2,1-3H3,(H,20,24)(H,22,25). The zero-order valence-corrected chi connectivity index (χ0v) is 15.6. The Kier molecular flexibility index (Phi) is 6.94. The summed E-state index contributed by atoms with van der Waals surface area (Å²) < 4.78 is 6.85. The third-order valence-corrected chi connectivity index (χ3v) is 3.97. The van der Waals surface area contributed by atoms with Crippen LogP contribution in [0.2, 0.25) is 5.02 Å². The molecule has 0 aliphatic carbocycles. The molecule has 0 atom stereocenters. The number of methoxy groups -OCH3 is 1. The number of amides is 2. The summed E-state index contributed by atoms with van der Waals surface area (Å²) in [6.45, 7) is 4.51. The van der Waals surface area contributed by atoms with E-state index in [1.54, 1.807) is 0 Å². The van der Waals surface area contributed by atoms with Gasteiger partial charge < -0.3 is 14.6 Å². The van der Waals surface area contributed by atoms with Crippen LogP contribution in [0.1, 0.15) is 17.0 Å². The van der Waals surface area contributed by atoms with E-state index in [1.807, 2.05) is 44.2 Å². The maximum Gasteiger partial charge on any atom is 0.329 e. The predicted octanol–water partition coefficient (Wildman–Crippen LogP) is 1.96. The lowest BCUT2D eigenvalue weighted by molar-refractivity contribution is -0.139. The summed E-state index contributed by atoms with van der Waals surface area (Å²) in [6, 6.07) is 9.45. The highest BCUT2D eigenvalue weighted by Gasteiger charge is 2.12. The van der Waals surface area contributed by atoms with E-state index < -0.39 is 11.8 Å². The van der Waals surface area contributed by atoms with Crippen molar-refractivity contribution in [3.8, 4) is 5.69 Å². The maximum absolute atomic E-state index is 11.6. The Morgan fingerprint density at radius 1 is 1.23 bits per heavy atom. The first-order valence-corrected chi connectivity index (χ1v) is 8.37. The van der Waals surface area contributed by atoms with Crippen molar-refractivity contribution < 1.29 is 14.3 Å². The molecule has 1 heterocycles. The molecule has 0 fully saturated rings. The molecule has 138 valence electrons. The Bertz CT molecular complexity index is 813. The number of halogens is 1. The van der Waals surface area contributed by atoms with Crippen LogP contribution in [0.4, 0.5) is 0 Å². The van der Waals surface area contributed by atoms with E-state index in [-0.39, 0.29) is 6.54 Å². The van der Waals surface area contributed by atoms with Crippen molar-refractivity contribution in [2.75, 3.05) is 20.3 Å². The van der Waals surface area contributed by atoms with E-state index in [4.69, 9.17) is 16.3 Å². The molecule has 0 saturated carbocycles. The minimum Gasteiger partial charge on any atom is -0.383 e. The average Bonchev–Trinajstić information content (AvgIpc) is 2.89. The lowest BCUT2D eigenvalue weighted by Gasteiger charge is -2.09. The van der Waals surface area contributed by atoms with E-state index in [0.29, 0.717) is 11.6 Å². The Labute approximate surface area is 157 Å². The molecule has 0 unspecified atom stereocenters. The first-order valence-electron chi connectivity index (χ1n) is 7.99. The van der Waals surface area contributed by atoms with Crippen molar-refractivity contribution >= 4 is 29.6 Å². The second-order valence-electron chi connectivity index (χ2n) is 5.59. The van der Waals surface area contributed by atoms with Crippen LogP contribution in [-0.2, 0) is 14.3 Å². The molecule has 2 amide bonds. The van der Waals surface area contributed by atoms with E-state index in [1.165, 1.54) is 13.3 Å². The molecule has 1 aromatic heterocycles. The number of aryl methyl sites for hydroxylation is 1. The van der Waals surface area contributed by atoms with Gasteiger partial charge in [0, 0.05) is 41.3 Å². The van der Waals surface area contributed by atoms with Gasteiger partial charge in [0.05, 0.1) is 12.8 Å². The third-order valence-electron chi connectivity index (χ3n) is 3.72. The van der Waals surface area contributed by atoms with Gasteiger partial charge in [-0.05, 0) is 44.2 Å². The van der Waals surface area contributed by atoms with Gasteiger partial charge in [-0.1, -0.05) is 11.6 Å². The lowest BCUT2D eigenvalue weighted by atomic mass is 10.2. The summed E-state index contributed by atoms with van der Waals surface area (Å²) in [5.74, 6) is -1.59. The molecule has 26 heavy (non-hydrogen) atoms. The molecule has 0 spiro atoms. The molecule has 1 aromatic carbocycles. The highest BCUT2D eigenvalue weighted by Crippen LogP contribution is 2.21. The summed E-state index contributed by atoms with van der Waals surface area (Å²) >= 11 is 5.94. The Balaban J connectivity index is 2.05. The number of hydrazone groups is 1. The molecular formula is C18H21ClN4O3. The zero-order valence-electron chi connectivity index (χ0n) is 14.9. The van der Waals surface area contributed by atoms with Gasteiger partial charge in [0.15, 0.2) is 0 Å². The highest BCUT2D eigenvalue weighted by atomic mass is 35.5. The lowest BCUT2D eigenvalue weighted by Crippen LogP contribution is -2.39. The number of hydrogen-bond acceptors (Lipinski definition) is 4. The van der Waals surface area contributed by atoms with Gasteiger partial charge in [0.2, 0.25) is 0 Å². The molecule has 0 bridgehead atoms. The molecular weight excluding hydrogens is 356 g/mol. The van der Waals surface area contributed by atoms with Crippen LogP contribution in [0.5, 0.6) is 0 Å². The SMILES string of the molecule is COCCNC(=O)C(=O)NN=Cc1cc(C)n(-c2ccc(Cl)cc2)c1C. The van der Waals surface area contributed by atoms with Crippen molar-refractivity contribution in [2.24, 2.45) is 5.10 Å². The molecule has 2 rings (SSSR count). The molecule has 0 radical (unpaired) electrons. The number of aromatic nitrogens is 1. The van der Waals surface area contributed by atoms with E-state index in [2.05, 4.69) is 20.4 Å². The van der Waals surface area contributed by atoms with Crippen molar-refractivity contribution in [1.82, 2.24) is 15.3 Å². The molecule has 0 saturated heterocycles. The van der Waals surface area contributed by atoms with Crippen LogP contribution in [0, 0.1) is 13.8 Å². The topological polar surface area (TPSA) is 84.7 Å². The summed E-state index contributed by atoms with van der Waals surface area (Å²) in [6.07, 6.45) is 1.51. The van der Waals surface area contributed by atoms with Crippen LogP contribution in [-0.4, -0.2) is 42.9 Å². The van der Waals surface area contributed by atoms with Crippen molar-refractivity contribution in [2.45, 2.75) is 13.8 Å². The van der Waals surface area contributed by atoms with Crippen LogP contribution >= 0.6 is 11.6 Å². The van der Waals surface area contributed by atoms with E-state index >= 15 is 0 Å². The quantitative estimate of drug-likeness (QED) is 0.350. The molecule has 0 aliphatic rings. The fraction of sp³-hybridized carbons (Fsp3) is 0.278. The van der Waals surface area contributed by atoms with Gasteiger partial charge in [-0.25, -0.2) is 5.43 Å². The zero-order chi connectivity index (χ0) is 19.1. The molecule has 7 nitrogen and oxygen atoms in total. The minimum atomic E-state index is -0.830. The van der Waals surface area contributed by atoms with Crippen molar-refractivity contribution in [1.29, 1.82) is 0 Å². The number of ether oxygens (including phenoxy) is 1. The molecule has 0 aliphatic heterocycles. The third kappa shape index (κ3) is 4.93. The second kappa shape index (κ2) is 9.17. The van der Waals surface area contributed by atoms with Crippen molar-refractivity contribution in [3.63, 3.8) is 0 Å². The summed E-state index contributed by atoms with van der Waals surface area (Å²) in [7, 11) is 1.51. The van der Waals surface area contributed by atoms with Crippen molar-refractivity contribution in [3.05, 3.63) is 52.3 Å². The number of benzene rings is 1. The first kappa shape index (κ1) is 19.7. The summed E-state index contributed by atoms with van der Waals surface area (Å²) in [4.78, 5) is 23.2. The van der Waals surface area contributed by atoms with Gasteiger partial charge in [-0.3, -0.25) is 9.59 Å². The number of nitrogens with zero attached hydrogens (tertiary/aromatic N) is 2. The summed E-state index contributed by atoms with van der Waals surface area (Å²) in [5.41, 5.74) is 5.98. The molecule has 8 heteroatoms. The molecule has 2 aromatic rings. The average molecular weight is 377 g/mol. The smallest absolute Gasteiger partial charge is 0.329 e. The first-order chi connectivity index (χ1) is 12.4. The number of rotatable bonds is 6. The number of carbonyl (C=O) groups excluding carboxylic acids is 2. The van der Waals surface area contributed by atoms with Crippen LogP contribution in [0.3, 0.4) is 0 Å². The summed E-state index contributed by atoms with van der Waals surface area (Å²) in [5, 5.41) is 6.95. The Morgan fingerprint density at radius 2 is 1.92 bits per heavy atom. The number of hydrogen-bond donors (Lipinski definition) is 2. The minimum absolute atomic E-state index is 0.259. The van der Waals surface area contributed by atoms with E-state index in [9.17, 15) is 9.59 Å². The van der Waals surface area contributed by atoms with Gasteiger partial charge in [-0.15, -0.1) is 0 Å². The van der Waals surface area contributed by atoms with Crippen LogP contribution in [0.15, 0.2) is 35.4 Å². The predicted molar refractivity (Wildman–Crippen MR) is 101 cm³/mol. The van der Waals surface area contributed by atoms with Crippen LogP contribution in [0.25, 0.3) is 5.69 Å². The molecule has 2 N–H and O–H groups in total. The van der Waals surface area contributed by atoms with Gasteiger partial charge in [-0.2, -0.15) is 5.10 Å². The Hall–Kier alpha value is -2.64. The fourth-order valence-corrected chi connectivity index (χ4v) is 2.59. The monoisotopic (exact) mass is 376 g/mol. The largest absolute Gasteiger partial charge is 0.383 e. The Morgan fingerprint density at radius 3 is 2.58 bits per heavy atom. The maximum atomic E-state index is 11.6. The fourth-order valence-electron chi connectivity index (χ4n) is 2.46. The van der Waals surface area contributed by atoms with Gasteiger partial charge in [0.1, 0.15) is 0 Å². The second-order valence-corrected chi connectivity index (χ2v) is 6.02. The van der Waals surface area contributed by atoms with Crippen LogP contribution < -0.4 is 10.7 Å². The van der Waals surface area contributed by atoms with Gasteiger partial charge >= 0.3 is 11.8 Å². The van der Waals surface area contributed by atoms with Gasteiger partial charge in [0.25, 0.3) is 0 Å². The highest BCUT2D eigenvalue weighted by molar-refractivity contribution is 6.35.